The van der Waals surface area contributed by atoms with E-state index >= 15 is 0 Å². The first kappa shape index (κ1) is 19.8. The first-order valence-corrected chi connectivity index (χ1v) is 10.7. The lowest BCUT2D eigenvalue weighted by molar-refractivity contribution is -0.146. The van der Waals surface area contributed by atoms with Gasteiger partial charge in [0.15, 0.2) is 6.61 Å². The highest BCUT2D eigenvalue weighted by Gasteiger charge is 2.42. The second-order valence-electron chi connectivity index (χ2n) is 7.22. The van der Waals surface area contributed by atoms with Gasteiger partial charge in [0.05, 0.1) is 10.8 Å². The summed E-state index contributed by atoms with van der Waals surface area (Å²) in [5.74, 6) is 1.55. The van der Waals surface area contributed by atoms with Crippen molar-refractivity contribution < 1.29 is 14.3 Å². The number of carbonyl (C=O) groups is 2. The molecule has 2 aliphatic rings. The molecule has 1 N–H and O–H groups in total. The van der Waals surface area contributed by atoms with Crippen LogP contribution in [-0.4, -0.2) is 30.3 Å². The van der Waals surface area contributed by atoms with Gasteiger partial charge in [0.2, 0.25) is 0 Å². The molecule has 142 valence electrons. The largest absolute Gasteiger partial charge is 0.455 e. The van der Waals surface area contributed by atoms with Gasteiger partial charge in [-0.1, -0.05) is 29.6 Å². The Bertz CT molecular complexity index is 685. The van der Waals surface area contributed by atoms with Gasteiger partial charge in [-0.15, -0.1) is 11.8 Å². The zero-order valence-corrected chi connectivity index (χ0v) is 17.0. The fraction of sp³-hybridized carbons (Fsp3) is 0.579. The van der Waals surface area contributed by atoms with Gasteiger partial charge in [0.25, 0.3) is 5.91 Å². The van der Waals surface area contributed by atoms with Crippen molar-refractivity contribution in [3.63, 3.8) is 0 Å². The van der Waals surface area contributed by atoms with Crippen LogP contribution in [-0.2, 0) is 14.3 Å². The molecule has 0 aliphatic heterocycles. The maximum absolute atomic E-state index is 12.1. The molecular formula is C19H23Cl2NO3S. The van der Waals surface area contributed by atoms with E-state index in [0.29, 0.717) is 20.9 Å². The van der Waals surface area contributed by atoms with Crippen LogP contribution in [0.4, 0.5) is 0 Å². The molecule has 1 aromatic rings. The van der Waals surface area contributed by atoms with Crippen LogP contribution in [0.3, 0.4) is 0 Å². The summed E-state index contributed by atoms with van der Waals surface area (Å²) in [5.41, 5.74) is 0. The molecule has 0 unspecified atom stereocenters. The number of amides is 1. The fourth-order valence-corrected chi connectivity index (χ4v) is 5.51. The molecule has 0 saturated heterocycles. The molecule has 0 spiro atoms. The summed E-state index contributed by atoms with van der Waals surface area (Å²) in [7, 11) is 0. The van der Waals surface area contributed by atoms with E-state index in [4.69, 9.17) is 27.9 Å². The maximum atomic E-state index is 12.1. The molecule has 1 amide bonds. The van der Waals surface area contributed by atoms with Crippen LogP contribution in [0.15, 0.2) is 23.1 Å². The van der Waals surface area contributed by atoms with Crippen LogP contribution in [0.5, 0.6) is 0 Å². The van der Waals surface area contributed by atoms with Crippen LogP contribution < -0.4 is 5.32 Å². The minimum atomic E-state index is -0.450. The lowest BCUT2D eigenvalue weighted by atomic mass is 9.84. The summed E-state index contributed by atoms with van der Waals surface area (Å²) in [6.07, 6.45) is 5.15. The normalized spacial score (nSPS) is 25.1. The number of hydrogen-bond acceptors (Lipinski definition) is 4. The van der Waals surface area contributed by atoms with Crippen LogP contribution in [0, 0.1) is 17.8 Å². The first-order chi connectivity index (χ1) is 12.4. The van der Waals surface area contributed by atoms with Gasteiger partial charge in [0.1, 0.15) is 0 Å². The predicted octanol–water partition coefficient (Wildman–Crippen LogP) is 4.57. The highest BCUT2D eigenvalue weighted by Crippen LogP contribution is 2.49. The lowest BCUT2D eigenvalue weighted by Gasteiger charge is -2.28. The molecule has 4 nitrogen and oxygen atoms in total. The average molecular weight is 416 g/mol. The molecule has 0 heterocycles. The van der Waals surface area contributed by atoms with E-state index in [1.54, 1.807) is 18.2 Å². The molecule has 7 heteroatoms. The maximum Gasteiger partial charge on any atom is 0.316 e. The molecule has 2 saturated carbocycles. The van der Waals surface area contributed by atoms with E-state index in [-0.39, 0.29) is 24.3 Å². The van der Waals surface area contributed by atoms with E-state index in [1.807, 2.05) is 0 Å². The molecule has 0 radical (unpaired) electrons. The third-order valence-corrected chi connectivity index (χ3v) is 7.13. The minimum Gasteiger partial charge on any atom is -0.455 e. The number of ether oxygens (including phenoxy) is 1. The van der Waals surface area contributed by atoms with E-state index in [2.05, 4.69) is 12.2 Å². The SMILES string of the molecule is C[C@@H](NC(=O)COC(=O)CSc1cc(Cl)ccc1Cl)[C@@H]1C[C@H]2CC[C@H]1C2. The van der Waals surface area contributed by atoms with Crippen LogP contribution in [0.2, 0.25) is 10.0 Å². The van der Waals surface area contributed by atoms with Crippen LogP contribution >= 0.6 is 35.0 Å². The Morgan fingerprint density at radius 3 is 2.81 bits per heavy atom. The summed E-state index contributed by atoms with van der Waals surface area (Å²) in [5, 5.41) is 4.08. The third-order valence-electron chi connectivity index (χ3n) is 5.43. The van der Waals surface area contributed by atoms with Crippen molar-refractivity contribution in [1.82, 2.24) is 5.32 Å². The number of halogens is 2. The van der Waals surface area contributed by atoms with Gasteiger partial charge >= 0.3 is 5.97 Å². The monoisotopic (exact) mass is 415 g/mol. The Morgan fingerprint density at radius 2 is 2.12 bits per heavy atom. The highest BCUT2D eigenvalue weighted by molar-refractivity contribution is 8.00. The van der Waals surface area contributed by atoms with Crippen molar-refractivity contribution >= 4 is 46.8 Å². The third kappa shape index (κ3) is 5.08. The Labute approximate surface area is 168 Å². The van der Waals surface area contributed by atoms with Crippen molar-refractivity contribution in [3.05, 3.63) is 28.2 Å². The molecular weight excluding hydrogens is 393 g/mol. The predicted molar refractivity (Wildman–Crippen MR) is 105 cm³/mol. The van der Waals surface area contributed by atoms with Crippen molar-refractivity contribution in [2.24, 2.45) is 17.8 Å². The van der Waals surface area contributed by atoms with E-state index in [1.165, 1.54) is 37.4 Å². The van der Waals surface area contributed by atoms with Gasteiger partial charge < -0.3 is 10.1 Å². The second-order valence-corrected chi connectivity index (χ2v) is 9.08. The van der Waals surface area contributed by atoms with Crippen LogP contribution in [0.1, 0.15) is 32.6 Å². The van der Waals surface area contributed by atoms with Crippen molar-refractivity contribution in [2.45, 2.75) is 43.5 Å². The van der Waals surface area contributed by atoms with Crippen molar-refractivity contribution in [3.8, 4) is 0 Å². The average Bonchev–Trinajstić information content (AvgIpc) is 3.24. The Morgan fingerprint density at radius 1 is 1.31 bits per heavy atom. The highest BCUT2D eigenvalue weighted by atomic mass is 35.5. The van der Waals surface area contributed by atoms with Crippen LogP contribution in [0.25, 0.3) is 0 Å². The van der Waals surface area contributed by atoms with E-state index in [0.717, 1.165) is 11.8 Å². The number of fused-ring (bicyclic) bond motifs is 2. The fourth-order valence-electron chi connectivity index (χ4n) is 4.22. The number of esters is 1. The molecule has 2 fully saturated rings. The summed E-state index contributed by atoms with van der Waals surface area (Å²) < 4.78 is 5.07. The van der Waals surface area contributed by atoms with E-state index < -0.39 is 5.97 Å². The number of thioether (sulfide) groups is 1. The first-order valence-electron chi connectivity index (χ1n) is 8.95. The van der Waals surface area contributed by atoms with Crippen molar-refractivity contribution in [1.29, 1.82) is 0 Å². The summed E-state index contributed by atoms with van der Waals surface area (Å²) >= 11 is 13.2. The summed E-state index contributed by atoms with van der Waals surface area (Å²) in [6, 6.07) is 5.21. The Kier molecular flexibility index (Phi) is 6.76. The Hall–Kier alpha value is -0.910. The number of hydrogen-bond donors (Lipinski definition) is 1. The Balaban J connectivity index is 1.37. The topological polar surface area (TPSA) is 55.4 Å². The van der Waals surface area contributed by atoms with Gasteiger partial charge in [0, 0.05) is 16.0 Å². The summed E-state index contributed by atoms with van der Waals surface area (Å²) in [4.78, 5) is 24.6. The lowest BCUT2D eigenvalue weighted by Crippen LogP contribution is -2.42. The zero-order valence-electron chi connectivity index (χ0n) is 14.7. The number of nitrogens with one attached hydrogen (secondary N) is 1. The van der Waals surface area contributed by atoms with Crippen molar-refractivity contribution in [2.75, 3.05) is 12.4 Å². The van der Waals surface area contributed by atoms with Gasteiger partial charge in [-0.25, -0.2) is 0 Å². The second kappa shape index (κ2) is 8.85. The standard InChI is InChI=1S/C19H23Cl2NO3S/c1-11(15-7-12-2-3-13(15)6-12)22-18(23)9-25-19(24)10-26-17-8-14(20)4-5-16(17)21/h4-5,8,11-13,15H,2-3,6-7,9-10H2,1H3,(H,22,23)/t11-,12+,13+,15+/m1/s1. The molecule has 0 aromatic heterocycles. The minimum absolute atomic E-state index is 0.0786. The molecule has 2 bridgehead atoms. The summed E-state index contributed by atoms with van der Waals surface area (Å²) in [6.45, 7) is 1.82. The molecule has 2 aliphatic carbocycles. The van der Waals surface area contributed by atoms with Gasteiger partial charge in [-0.2, -0.15) is 0 Å². The smallest absolute Gasteiger partial charge is 0.316 e. The number of rotatable bonds is 7. The zero-order chi connectivity index (χ0) is 18.7. The molecule has 1 aromatic carbocycles. The number of benzene rings is 1. The molecule has 26 heavy (non-hydrogen) atoms. The van der Waals surface area contributed by atoms with E-state index in [9.17, 15) is 9.59 Å². The van der Waals surface area contributed by atoms with Gasteiger partial charge in [-0.3, -0.25) is 9.59 Å². The van der Waals surface area contributed by atoms with Gasteiger partial charge in [-0.05, 0) is 62.1 Å². The molecule has 4 atom stereocenters. The molecule has 3 rings (SSSR count). The number of carbonyl (C=O) groups excluding carboxylic acids is 2. The quantitative estimate of drug-likeness (QED) is 0.523.